The minimum Gasteiger partial charge on any atom is -0.493 e. The van der Waals surface area contributed by atoms with Crippen LogP contribution >= 0.6 is 0 Å². The van der Waals surface area contributed by atoms with Gasteiger partial charge in [-0.25, -0.2) is 0 Å². The van der Waals surface area contributed by atoms with Gasteiger partial charge in [0.15, 0.2) is 11.5 Å². The molecular weight excluding hydrogens is 274 g/mol. The fourth-order valence-corrected chi connectivity index (χ4v) is 2.97. The van der Waals surface area contributed by atoms with E-state index in [2.05, 4.69) is 12.2 Å². The topological polar surface area (TPSA) is 21.7 Å². The van der Waals surface area contributed by atoms with Gasteiger partial charge >= 0.3 is 0 Å². The van der Waals surface area contributed by atoms with Crippen LogP contribution in [0.4, 0.5) is 0 Å². The van der Waals surface area contributed by atoms with Crippen molar-refractivity contribution in [2.75, 3.05) is 34.3 Å². The SMILES string of the molecule is [2H]C([2H])([2H])N1CCc2cc(OC)c(OC)cc2/C=C2/C=CC=CC2C1. The van der Waals surface area contributed by atoms with Gasteiger partial charge in [0.25, 0.3) is 0 Å². The Morgan fingerprint density at radius 2 is 2.00 bits per heavy atom. The highest BCUT2D eigenvalue weighted by Gasteiger charge is 2.18. The number of methoxy groups -OCH3 is 2. The van der Waals surface area contributed by atoms with Crippen LogP contribution in [0.1, 0.15) is 15.2 Å². The first-order chi connectivity index (χ1) is 11.9. The maximum atomic E-state index is 7.85. The van der Waals surface area contributed by atoms with Crippen molar-refractivity contribution in [2.45, 2.75) is 6.42 Å². The Bertz CT molecular complexity index is 735. The molecule has 1 aliphatic carbocycles. The molecule has 3 nitrogen and oxygen atoms in total. The van der Waals surface area contributed by atoms with E-state index in [1.54, 1.807) is 19.1 Å². The number of nitrogens with zero attached hydrogens (tertiary/aromatic N) is 1. The molecule has 0 N–H and O–H groups in total. The van der Waals surface area contributed by atoms with E-state index in [-0.39, 0.29) is 5.92 Å². The van der Waals surface area contributed by atoms with Crippen LogP contribution in [0.3, 0.4) is 0 Å². The standard InChI is InChI=1S/C19H23NO2/c1-20-9-8-15-11-18(21-2)19(22-3)12-17(15)10-14-6-4-5-7-16(14)13-20/h4-7,10-12,16H,8-9,13H2,1-3H3/b14-10-/i1D3. The molecule has 0 radical (unpaired) electrons. The van der Waals surface area contributed by atoms with E-state index >= 15 is 0 Å². The van der Waals surface area contributed by atoms with Crippen LogP contribution in [-0.4, -0.2) is 39.2 Å². The van der Waals surface area contributed by atoms with Gasteiger partial charge in [0.05, 0.1) is 14.2 Å². The van der Waals surface area contributed by atoms with E-state index < -0.39 is 6.98 Å². The molecule has 1 unspecified atom stereocenters. The Balaban J connectivity index is 2.10. The third kappa shape index (κ3) is 2.95. The maximum absolute atomic E-state index is 7.85. The third-order valence-electron chi connectivity index (χ3n) is 4.21. The highest BCUT2D eigenvalue weighted by atomic mass is 16.5. The zero-order chi connectivity index (χ0) is 18.0. The smallest absolute Gasteiger partial charge is 0.161 e. The Kier molecular flexibility index (Phi) is 3.36. The highest BCUT2D eigenvalue weighted by Crippen LogP contribution is 2.34. The maximum Gasteiger partial charge on any atom is 0.161 e. The lowest BCUT2D eigenvalue weighted by molar-refractivity contribution is 0.319. The molecule has 3 heteroatoms. The number of likely N-dealkylation sites (N-methyl/N-ethyl adjacent to an activating group) is 1. The summed E-state index contributed by atoms with van der Waals surface area (Å²) < 4.78 is 34.4. The molecule has 22 heavy (non-hydrogen) atoms. The molecule has 1 aromatic rings. The largest absolute Gasteiger partial charge is 0.493 e. The van der Waals surface area contributed by atoms with Crippen molar-refractivity contribution in [3.05, 3.63) is 53.1 Å². The number of rotatable bonds is 2. The Morgan fingerprint density at radius 3 is 2.77 bits per heavy atom. The minimum absolute atomic E-state index is 0.0597. The lowest BCUT2D eigenvalue weighted by Crippen LogP contribution is -2.27. The number of allylic oxidation sites excluding steroid dienone is 3. The van der Waals surface area contributed by atoms with Crippen molar-refractivity contribution in [1.29, 1.82) is 0 Å². The summed E-state index contributed by atoms with van der Waals surface area (Å²) in [6, 6.07) is 3.92. The summed E-state index contributed by atoms with van der Waals surface area (Å²) in [6.45, 7) is -1.17. The molecule has 116 valence electrons. The van der Waals surface area contributed by atoms with Crippen LogP contribution in [-0.2, 0) is 6.42 Å². The lowest BCUT2D eigenvalue weighted by atomic mass is 9.91. The van der Waals surface area contributed by atoms with Gasteiger partial charge in [0.2, 0.25) is 0 Å². The summed E-state index contributed by atoms with van der Waals surface area (Å²) in [7, 11) is 3.23. The quantitative estimate of drug-likeness (QED) is 0.836. The molecule has 1 aromatic carbocycles. The van der Waals surface area contributed by atoms with Crippen LogP contribution in [0, 0.1) is 5.92 Å². The van der Waals surface area contributed by atoms with Crippen LogP contribution in [0.25, 0.3) is 6.08 Å². The first-order valence-electron chi connectivity index (χ1n) is 8.99. The summed E-state index contributed by atoms with van der Waals surface area (Å²) in [5.41, 5.74) is 3.21. The summed E-state index contributed by atoms with van der Waals surface area (Å²) in [6.07, 6.45) is 10.8. The number of benzene rings is 1. The Hall–Kier alpha value is -2.00. The summed E-state index contributed by atoms with van der Waals surface area (Å²) in [5.74, 6) is 1.40. The zero-order valence-electron chi connectivity index (χ0n) is 16.0. The van der Waals surface area contributed by atoms with E-state index in [0.29, 0.717) is 31.0 Å². The van der Waals surface area contributed by atoms with Gasteiger partial charge in [0.1, 0.15) is 0 Å². The summed E-state index contributed by atoms with van der Waals surface area (Å²) in [5, 5.41) is 0. The number of hydrogen-bond donors (Lipinski definition) is 0. The second-order valence-corrected chi connectivity index (χ2v) is 5.60. The molecule has 0 saturated heterocycles. The van der Waals surface area contributed by atoms with Gasteiger partial charge in [-0.3, -0.25) is 0 Å². The average molecular weight is 300 g/mol. The second kappa shape index (κ2) is 6.41. The van der Waals surface area contributed by atoms with Gasteiger partial charge in [0, 0.05) is 23.1 Å². The molecule has 0 aromatic heterocycles. The zero-order valence-corrected chi connectivity index (χ0v) is 13.0. The van der Waals surface area contributed by atoms with Crippen LogP contribution < -0.4 is 9.47 Å². The van der Waals surface area contributed by atoms with E-state index in [1.807, 2.05) is 30.4 Å². The highest BCUT2D eigenvalue weighted by molar-refractivity contribution is 5.65. The third-order valence-corrected chi connectivity index (χ3v) is 4.21. The predicted molar refractivity (Wildman–Crippen MR) is 90.5 cm³/mol. The summed E-state index contributed by atoms with van der Waals surface area (Å²) in [4.78, 5) is 1.58. The molecule has 2 aliphatic rings. The minimum atomic E-state index is -2.11. The Morgan fingerprint density at radius 1 is 1.18 bits per heavy atom. The van der Waals surface area contributed by atoms with E-state index in [1.165, 1.54) is 0 Å². The normalized spacial score (nSPS) is 26.0. The van der Waals surface area contributed by atoms with Gasteiger partial charge in [-0.15, -0.1) is 0 Å². The first kappa shape index (κ1) is 11.6. The van der Waals surface area contributed by atoms with E-state index in [0.717, 1.165) is 16.7 Å². The summed E-state index contributed by atoms with van der Waals surface area (Å²) >= 11 is 0. The van der Waals surface area contributed by atoms with Crippen molar-refractivity contribution in [2.24, 2.45) is 5.92 Å². The average Bonchev–Trinajstić information content (AvgIpc) is 2.66. The van der Waals surface area contributed by atoms with Gasteiger partial charge in [-0.05, 0) is 42.2 Å². The number of hydrogen-bond acceptors (Lipinski definition) is 3. The molecule has 1 atom stereocenters. The predicted octanol–water partition coefficient (Wildman–Crippen LogP) is 3.32. The fourth-order valence-electron chi connectivity index (χ4n) is 2.97. The van der Waals surface area contributed by atoms with Crippen molar-refractivity contribution in [3.63, 3.8) is 0 Å². The molecule has 0 amide bonds. The fraction of sp³-hybridized carbons (Fsp3) is 0.368. The monoisotopic (exact) mass is 300 g/mol. The molecular formula is C19H23NO2. The molecule has 1 heterocycles. The molecule has 0 fully saturated rings. The second-order valence-electron chi connectivity index (χ2n) is 5.60. The Labute approximate surface area is 136 Å². The molecule has 1 aliphatic heterocycles. The van der Waals surface area contributed by atoms with Crippen LogP contribution in [0.5, 0.6) is 11.5 Å². The van der Waals surface area contributed by atoms with Crippen molar-refractivity contribution < 1.29 is 13.6 Å². The first-order valence-corrected chi connectivity index (χ1v) is 7.49. The van der Waals surface area contributed by atoms with Crippen LogP contribution in [0.15, 0.2) is 42.0 Å². The van der Waals surface area contributed by atoms with Gasteiger partial charge in [-0.2, -0.15) is 0 Å². The van der Waals surface area contributed by atoms with Crippen molar-refractivity contribution >= 4 is 6.08 Å². The molecule has 0 bridgehead atoms. The molecule has 0 spiro atoms. The lowest BCUT2D eigenvalue weighted by Gasteiger charge is -2.23. The number of fused-ring (bicyclic) bond motifs is 2. The van der Waals surface area contributed by atoms with Crippen molar-refractivity contribution in [1.82, 2.24) is 4.90 Å². The van der Waals surface area contributed by atoms with Gasteiger partial charge < -0.3 is 14.4 Å². The van der Waals surface area contributed by atoms with Crippen LogP contribution in [0.2, 0.25) is 0 Å². The molecule has 3 rings (SSSR count). The van der Waals surface area contributed by atoms with Crippen molar-refractivity contribution in [3.8, 4) is 11.5 Å². The number of ether oxygens (including phenoxy) is 2. The molecule has 0 saturated carbocycles. The van der Waals surface area contributed by atoms with E-state index in [9.17, 15) is 0 Å². The van der Waals surface area contributed by atoms with Gasteiger partial charge in [-0.1, -0.05) is 30.4 Å². The van der Waals surface area contributed by atoms with E-state index in [4.69, 9.17) is 13.6 Å².